The Morgan fingerprint density at radius 2 is 1.90 bits per heavy atom. The molecule has 0 unspecified atom stereocenters. The fraction of sp³-hybridized carbons (Fsp3) is 0.143. The van der Waals surface area contributed by atoms with Crippen LogP contribution >= 0.6 is 34.5 Å². The number of hydrogen-bond donors (Lipinski definition) is 0. The molecular formula is C21H16Cl2FN3OS. The molecule has 29 heavy (non-hydrogen) atoms. The number of thiophene rings is 1. The van der Waals surface area contributed by atoms with Gasteiger partial charge in [0, 0.05) is 17.5 Å². The zero-order chi connectivity index (χ0) is 20.5. The minimum Gasteiger partial charge on any atom is -0.494 e. The lowest BCUT2D eigenvalue weighted by atomic mass is 10.1. The van der Waals surface area contributed by atoms with Crippen molar-refractivity contribution in [3.63, 3.8) is 0 Å². The smallest absolute Gasteiger partial charge is 0.186 e. The average Bonchev–Trinajstić information content (AvgIpc) is 3.25. The van der Waals surface area contributed by atoms with Crippen molar-refractivity contribution in [3.8, 4) is 39.0 Å². The normalized spacial score (nSPS) is 11.1. The number of halogens is 3. The minimum absolute atomic E-state index is 0.175. The van der Waals surface area contributed by atoms with Gasteiger partial charge in [0.25, 0.3) is 0 Å². The molecule has 0 atom stereocenters. The third kappa shape index (κ3) is 3.88. The first-order chi connectivity index (χ1) is 14.0. The van der Waals surface area contributed by atoms with Gasteiger partial charge in [-0.1, -0.05) is 29.3 Å². The zero-order valence-electron chi connectivity index (χ0n) is 15.6. The highest BCUT2D eigenvalue weighted by Crippen LogP contribution is 2.41. The van der Waals surface area contributed by atoms with E-state index in [1.54, 1.807) is 23.9 Å². The molecular weight excluding hydrogens is 432 g/mol. The summed E-state index contributed by atoms with van der Waals surface area (Å²) in [6.07, 6.45) is 0. The minimum atomic E-state index is -0.471. The highest BCUT2D eigenvalue weighted by molar-refractivity contribution is 7.20. The van der Waals surface area contributed by atoms with Gasteiger partial charge in [-0.2, -0.15) is 5.10 Å². The zero-order valence-corrected chi connectivity index (χ0v) is 17.9. The van der Waals surface area contributed by atoms with Gasteiger partial charge < -0.3 is 4.74 Å². The van der Waals surface area contributed by atoms with E-state index >= 15 is 0 Å². The summed E-state index contributed by atoms with van der Waals surface area (Å²) in [5.41, 5.74) is 1.93. The topological polar surface area (TPSA) is 39.9 Å². The van der Waals surface area contributed by atoms with Crippen LogP contribution in [0.5, 0.6) is 5.75 Å². The molecule has 8 heteroatoms. The van der Waals surface area contributed by atoms with Crippen molar-refractivity contribution in [2.45, 2.75) is 6.92 Å². The molecule has 4 rings (SSSR count). The quantitative estimate of drug-likeness (QED) is 0.340. The molecule has 2 heterocycles. The van der Waals surface area contributed by atoms with Gasteiger partial charge in [-0.3, -0.25) is 0 Å². The molecule has 148 valence electrons. The highest BCUT2D eigenvalue weighted by atomic mass is 35.5. The Bertz CT molecular complexity index is 1150. The van der Waals surface area contributed by atoms with Crippen LogP contribution in [0.1, 0.15) is 6.92 Å². The average molecular weight is 448 g/mol. The van der Waals surface area contributed by atoms with Crippen LogP contribution in [0.15, 0.2) is 48.5 Å². The fourth-order valence-electron chi connectivity index (χ4n) is 2.98. The summed E-state index contributed by atoms with van der Waals surface area (Å²) in [7, 11) is 1.74. The summed E-state index contributed by atoms with van der Waals surface area (Å²) in [4.78, 5) is 5.50. The monoisotopic (exact) mass is 447 g/mol. The van der Waals surface area contributed by atoms with Gasteiger partial charge in [-0.05, 0) is 55.0 Å². The van der Waals surface area contributed by atoms with Crippen molar-refractivity contribution in [3.05, 3.63) is 63.7 Å². The first-order valence-corrected chi connectivity index (χ1v) is 10.4. The summed E-state index contributed by atoms with van der Waals surface area (Å²) in [6.45, 7) is 2.57. The molecule has 2 aromatic heterocycles. The van der Waals surface area contributed by atoms with Crippen LogP contribution in [-0.2, 0) is 7.05 Å². The van der Waals surface area contributed by atoms with E-state index in [2.05, 4.69) is 10.1 Å². The van der Waals surface area contributed by atoms with Gasteiger partial charge >= 0.3 is 0 Å². The maximum atomic E-state index is 14.3. The number of hydrogen-bond acceptors (Lipinski definition) is 4. The molecule has 4 nitrogen and oxygen atoms in total. The lowest BCUT2D eigenvalue weighted by molar-refractivity contribution is 0.340. The van der Waals surface area contributed by atoms with Crippen molar-refractivity contribution >= 4 is 34.5 Å². The maximum absolute atomic E-state index is 14.3. The van der Waals surface area contributed by atoms with Gasteiger partial charge in [0.2, 0.25) is 0 Å². The summed E-state index contributed by atoms with van der Waals surface area (Å²) in [5.74, 6) is 1.10. The number of aromatic nitrogens is 3. The first-order valence-electron chi connectivity index (χ1n) is 8.86. The number of benzene rings is 2. The van der Waals surface area contributed by atoms with Crippen molar-refractivity contribution in [1.29, 1.82) is 0 Å². The Balaban J connectivity index is 1.72. The standard InChI is InChI=1S/C21H16Cl2FN3OS/c1-3-28-13-9-7-12(8-10-13)17-11-14(19(23)29-17)21-25-20(26-27(21)2)18-15(22)5-4-6-16(18)24/h4-11H,3H2,1-2H3. The van der Waals surface area contributed by atoms with E-state index in [0.717, 1.165) is 21.8 Å². The van der Waals surface area contributed by atoms with E-state index in [-0.39, 0.29) is 16.4 Å². The molecule has 0 aliphatic heterocycles. The SMILES string of the molecule is CCOc1ccc(-c2cc(-c3nc(-c4c(F)cccc4Cl)nn3C)c(Cl)s2)cc1. The van der Waals surface area contributed by atoms with Crippen LogP contribution in [-0.4, -0.2) is 21.4 Å². The summed E-state index contributed by atoms with van der Waals surface area (Å²) >= 11 is 14.1. The third-order valence-corrected chi connectivity index (χ3v) is 6.05. The van der Waals surface area contributed by atoms with Gasteiger partial charge in [0.1, 0.15) is 15.9 Å². The second-order valence-corrected chi connectivity index (χ2v) is 8.30. The van der Waals surface area contributed by atoms with E-state index < -0.39 is 5.82 Å². The largest absolute Gasteiger partial charge is 0.494 e. The third-order valence-electron chi connectivity index (χ3n) is 4.33. The van der Waals surface area contributed by atoms with Crippen LogP contribution < -0.4 is 4.74 Å². The van der Waals surface area contributed by atoms with Crippen LogP contribution in [0.2, 0.25) is 9.36 Å². The van der Waals surface area contributed by atoms with E-state index in [9.17, 15) is 4.39 Å². The van der Waals surface area contributed by atoms with Crippen LogP contribution in [0, 0.1) is 5.82 Å². The number of ether oxygens (including phenoxy) is 1. The molecule has 2 aromatic carbocycles. The van der Waals surface area contributed by atoms with E-state index in [1.165, 1.54) is 17.4 Å². The van der Waals surface area contributed by atoms with Gasteiger partial charge in [-0.25, -0.2) is 14.1 Å². The molecule has 0 spiro atoms. The van der Waals surface area contributed by atoms with Crippen LogP contribution in [0.3, 0.4) is 0 Å². The second-order valence-electron chi connectivity index (χ2n) is 6.23. The number of nitrogens with zero attached hydrogens (tertiary/aromatic N) is 3. The molecule has 0 amide bonds. The Morgan fingerprint density at radius 1 is 1.14 bits per heavy atom. The van der Waals surface area contributed by atoms with Crippen molar-refractivity contribution in [1.82, 2.24) is 14.8 Å². The molecule has 0 saturated carbocycles. The molecule has 0 bridgehead atoms. The molecule has 0 N–H and O–H groups in total. The predicted molar refractivity (Wildman–Crippen MR) is 116 cm³/mol. The molecule has 0 fully saturated rings. The number of aryl methyl sites for hydroxylation is 1. The summed E-state index contributed by atoms with van der Waals surface area (Å²) in [6, 6.07) is 14.3. The predicted octanol–water partition coefficient (Wildman–Crippen LogP) is 6.72. The molecule has 0 aliphatic carbocycles. The molecule has 0 radical (unpaired) electrons. The lowest BCUT2D eigenvalue weighted by Gasteiger charge is -2.03. The van der Waals surface area contributed by atoms with Gasteiger partial charge in [0.15, 0.2) is 11.6 Å². The number of rotatable bonds is 5. The molecule has 0 aliphatic rings. The van der Waals surface area contributed by atoms with E-state index in [4.69, 9.17) is 27.9 Å². The summed E-state index contributed by atoms with van der Waals surface area (Å²) < 4.78 is 21.9. The van der Waals surface area contributed by atoms with Crippen LogP contribution in [0.4, 0.5) is 4.39 Å². The highest BCUT2D eigenvalue weighted by Gasteiger charge is 2.20. The van der Waals surface area contributed by atoms with Crippen LogP contribution in [0.25, 0.3) is 33.2 Å². The second kappa shape index (κ2) is 8.14. The Hall–Kier alpha value is -2.41. The van der Waals surface area contributed by atoms with Crippen molar-refractivity contribution in [2.75, 3.05) is 6.61 Å². The maximum Gasteiger partial charge on any atom is 0.186 e. The van der Waals surface area contributed by atoms with Crippen molar-refractivity contribution < 1.29 is 9.13 Å². The summed E-state index contributed by atoms with van der Waals surface area (Å²) in [5, 5.41) is 4.60. The van der Waals surface area contributed by atoms with E-state index in [0.29, 0.717) is 16.8 Å². The van der Waals surface area contributed by atoms with Gasteiger partial charge in [0.05, 0.1) is 17.2 Å². The fourth-order valence-corrected chi connectivity index (χ4v) is 4.50. The van der Waals surface area contributed by atoms with Gasteiger partial charge in [-0.15, -0.1) is 11.3 Å². The molecule has 4 aromatic rings. The Labute approximate surface area is 181 Å². The lowest BCUT2D eigenvalue weighted by Crippen LogP contribution is -1.94. The Morgan fingerprint density at radius 3 is 2.59 bits per heavy atom. The molecule has 0 saturated heterocycles. The first kappa shape index (κ1) is 19.9. The van der Waals surface area contributed by atoms with Crippen molar-refractivity contribution in [2.24, 2.45) is 7.05 Å². The Kier molecular flexibility index (Phi) is 5.58. The van der Waals surface area contributed by atoms with E-state index in [1.807, 2.05) is 37.3 Å².